The van der Waals surface area contributed by atoms with E-state index >= 15 is 0 Å². The number of hydrogen-bond donors (Lipinski definition) is 0. The largest absolute Gasteiger partial charge is 0.300 e. The number of ketones is 1. The number of carbonyl (C=O) groups excluding carboxylic acids is 1. The molecule has 92 valence electrons. The van der Waals surface area contributed by atoms with Crippen LogP contribution in [0.25, 0.3) is 10.9 Å². The molecule has 1 atom stereocenters. The van der Waals surface area contributed by atoms with E-state index < -0.39 is 0 Å². The molecule has 2 nitrogen and oxygen atoms in total. The highest BCUT2D eigenvalue weighted by Gasteiger charge is 2.22. The molecule has 1 heterocycles. The van der Waals surface area contributed by atoms with Crippen LogP contribution in [0.1, 0.15) is 42.9 Å². The molecule has 1 aromatic carbocycles. The fourth-order valence-electron chi connectivity index (χ4n) is 2.86. The second-order valence-electron chi connectivity index (χ2n) is 5.21. The first kappa shape index (κ1) is 11.4. The lowest BCUT2D eigenvalue weighted by Crippen LogP contribution is -2.14. The van der Waals surface area contributed by atoms with Crippen LogP contribution in [0, 0.1) is 6.92 Å². The van der Waals surface area contributed by atoms with E-state index in [-0.39, 0.29) is 0 Å². The Kier molecular flexibility index (Phi) is 2.86. The number of aromatic nitrogens is 1. The van der Waals surface area contributed by atoms with Gasteiger partial charge in [-0.15, -0.1) is 0 Å². The number of rotatable bonds is 1. The molecule has 0 N–H and O–H groups in total. The highest BCUT2D eigenvalue weighted by molar-refractivity contribution is 5.83. The van der Waals surface area contributed by atoms with E-state index in [1.807, 2.05) is 12.1 Å². The number of Topliss-reactive ketones (excluding diaryl/α,β-unsaturated/α-hetero) is 1. The second-order valence-corrected chi connectivity index (χ2v) is 5.21. The van der Waals surface area contributed by atoms with Crippen molar-refractivity contribution < 1.29 is 4.79 Å². The van der Waals surface area contributed by atoms with E-state index in [1.165, 1.54) is 10.9 Å². The van der Waals surface area contributed by atoms with Crippen molar-refractivity contribution in [3.63, 3.8) is 0 Å². The van der Waals surface area contributed by atoms with Gasteiger partial charge in [0.2, 0.25) is 0 Å². The Labute approximate surface area is 107 Å². The lowest BCUT2D eigenvalue weighted by molar-refractivity contribution is -0.120. The summed E-state index contributed by atoms with van der Waals surface area (Å²) in [5, 5.41) is 1.21. The minimum absolute atomic E-state index is 0.328. The SMILES string of the molecule is Cc1cc(C2CCCC(=O)C2)nc2ccccc12. The Hall–Kier alpha value is -1.70. The lowest BCUT2D eigenvalue weighted by Gasteiger charge is -2.21. The van der Waals surface area contributed by atoms with Gasteiger partial charge in [-0.05, 0) is 37.5 Å². The van der Waals surface area contributed by atoms with Gasteiger partial charge in [-0.3, -0.25) is 9.78 Å². The normalized spacial score (nSPS) is 20.3. The molecule has 0 aliphatic heterocycles. The summed E-state index contributed by atoms with van der Waals surface area (Å²) >= 11 is 0. The van der Waals surface area contributed by atoms with Gasteiger partial charge in [0, 0.05) is 29.8 Å². The Bertz CT molecular complexity index is 603. The summed E-state index contributed by atoms with van der Waals surface area (Å²) in [5.74, 6) is 0.716. The molecule has 0 amide bonds. The zero-order valence-electron chi connectivity index (χ0n) is 10.6. The van der Waals surface area contributed by atoms with Crippen molar-refractivity contribution in [3.05, 3.63) is 41.6 Å². The lowest BCUT2D eigenvalue weighted by atomic mass is 9.85. The predicted molar refractivity (Wildman–Crippen MR) is 72.7 cm³/mol. The van der Waals surface area contributed by atoms with Crippen LogP contribution in [0.3, 0.4) is 0 Å². The fraction of sp³-hybridized carbons (Fsp3) is 0.375. The number of aryl methyl sites for hydroxylation is 1. The molecule has 1 aliphatic rings. The van der Waals surface area contributed by atoms with E-state index in [0.29, 0.717) is 18.1 Å². The molecule has 0 spiro atoms. The van der Waals surface area contributed by atoms with Crippen LogP contribution in [-0.4, -0.2) is 10.8 Å². The molecule has 1 aliphatic carbocycles. The molecular formula is C16H17NO. The highest BCUT2D eigenvalue weighted by atomic mass is 16.1. The predicted octanol–water partition coefficient (Wildman–Crippen LogP) is 3.77. The summed E-state index contributed by atoms with van der Waals surface area (Å²) in [6.07, 6.45) is 3.53. The van der Waals surface area contributed by atoms with Crippen molar-refractivity contribution in [2.75, 3.05) is 0 Å². The van der Waals surface area contributed by atoms with Gasteiger partial charge in [0.15, 0.2) is 0 Å². The van der Waals surface area contributed by atoms with E-state index in [9.17, 15) is 4.79 Å². The first-order valence-electron chi connectivity index (χ1n) is 6.62. The van der Waals surface area contributed by atoms with Crippen molar-refractivity contribution in [1.29, 1.82) is 0 Å². The first-order valence-corrected chi connectivity index (χ1v) is 6.62. The molecule has 0 radical (unpaired) electrons. The van der Waals surface area contributed by atoms with Crippen molar-refractivity contribution in [1.82, 2.24) is 4.98 Å². The molecule has 18 heavy (non-hydrogen) atoms. The Balaban J connectivity index is 2.04. The molecule has 1 aromatic heterocycles. The van der Waals surface area contributed by atoms with Crippen LogP contribution in [0.4, 0.5) is 0 Å². The third-order valence-electron chi connectivity index (χ3n) is 3.84. The zero-order valence-corrected chi connectivity index (χ0v) is 10.6. The summed E-state index contributed by atoms with van der Waals surface area (Å²) in [4.78, 5) is 16.3. The van der Waals surface area contributed by atoms with Gasteiger partial charge in [-0.25, -0.2) is 0 Å². The van der Waals surface area contributed by atoms with Crippen LogP contribution >= 0.6 is 0 Å². The van der Waals surface area contributed by atoms with E-state index in [2.05, 4.69) is 25.1 Å². The third-order valence-corrected chi connectivity index (χ3v) is 3.84. The molecule has 2 aromatic rings. The van der Waals surface area contributed by atoms with Gasteiger partial charge in [-0.2, -0.15) is 0 Å². The van der Waals surface area contributed by atoms with Crippen LogP contribution in [0.15, 0.2) is 30.3 Å². The summed E-state index contributed by atoms with van der Waals surface area (Å²) in [6, 6.07) is 10.4. The van der Waals surface area contributed by atoms with Gasteiger partial charge in [0.05, 0.1) is 5.52 Å². The van der Waals surface area contributed by atoms with E-state index in [0.717, 1.165) is 30.5 Å². The van der Waals surface area contributed by atoms with Crippen LogP contribution < -0.4 is 0 Å². The quantitative estimate of drug-likeness (QED) is 0.758. The van der Waals surface area contributed by atoms with Crippen LogP contribution in [-0.2, 0) is 4.79 Å². The number of para-hydroxylation sites is 1. The minimum atomic E-state index is 0.328. The van der Waals surface area contributed by atoms with Gasteiger partial charge in [-0.1, -0.05) is 18.2 Å². The number of nitrogens with zero attached hydrogens (tertiary/aromatic N) is 1. The standard InChI is InChI=1S/C16H17NO/c1-11-9-16(12-5-4-6-13(18)10-12)17-15-8-3-2-7-14(11)15/h2-3,7-9,12H,4-6,10H2,1H3. The summed E-state index contributed by atoms with van der Waals surface area (Å²) in [7, 11) is 0. The molecule has 1 saturated carbocycles. The topological polar surface area (TPSA) is 30.0 Å². The van der Waals surface area contributed by atoms with Gasteiger partial charge < -0.3 is 0 Å². The molecule has 3 rings (SSSR count). The maximum Gasteiger partial charge on any atom is 0.133 e. The van der Waals surface area contributed by atoms with Gasteiger partial charge in [0.25, 0.3) is 0 Å². The fourth-order valence-corrected chi connectivity index (χ4v) is 2.86. The monoisotopic (exact) mass is 239 g/mol. The smallest absolute Gasteiger partial charge is 0.133 e. The average molecular weight is 239 g/mol. The van der Waals surface area contributed by atoms with Crippen molar-refractivity contribution in [3.8, 4) is 0 Å². The second kappa shape index (κ2) is 4.52. The molecular weight excluding hydrogens is 222 g/mol. The minimum Gasteiger partial charge on any atom is -0.300 e. The van der Waals surface area contributed by atoms with Gasteiger partial charge in [0.1, 0.15) is 5.78 Å². The van der Waals surface area contributed by atoms with Crippen molar-refractivity contribution in [2.45, 2.75) is 38.5 Å². The summed E-state index contributed by atoms with van der Waals surface area (Å²) in [6.45, 7) is 2.12. The van der Waals surface area contributed by atoms with E-state index in [1.54, 1.807) is 0 Å². The summed E-state index contributed by atoms with van der Waals surface area (Å²) < 4.78 is 0. The molecule has 0 bridgehead atoms. The third kappa shape index (κ3) is 2.03. The maximum atomic E-state index is 11.6. The average Bonchev–Trinajstić information content (AvgIpc) is 2.39. The molecule has 1 unspecified atom stereocenters. The van der Waals surface area contributed by atoms with Crippen molar-refractivity contribution in [2.24, 2.45) is 0 Å². The summed E-state index contributed by atoms with van der Waals surface area (Å²) in [5.41, 5.74) is 3.40. The zero-order chi connectivity index (χ0) is 12.5. The number of pyridine rings is 1. The maximum absolute atomic E-state index is 11.6. The molecule has 2 heteroatoms. The Morgan fingerprint density at radius 2 is 2.11 bits per heavy atom. The number of benzene rings is 1. The van der Waals surface area contributed by atoms with Crippen LogP contribution in [0.5, 0.6) is 0 Å². The Morgan fingerprint density at radius 1 is 1.28 bits per heavy atom. The number of hydrogen-bond acceptors (Lipinski definition) is 2. The number of carbonyl (C=O) groups is 1. The van der Waals surface area contributed by atoms with Crippen molar-refractivity contribution >= 4 is 16.7 Å². The molecule has 1 fully saturated rings. The number of fused-ring (bicyclic) bond motifs is 1. The highest BCUT2D eigenvalue weighted by Crippen LogP contribution is 2.31. The van der Waals surface area contributed by atoms with Gasteiger partial charge >= 0.3 is 0 Å². The van der Waals surface area contributed by atoms with Crippen LogP contribution in [0.2, 0.25) is 0 Å². The van der Waals surface area contributed by atoms with E-state index in [4.69, 9.17) is 4.98 Å². The first-order chi connectivity index (χ1) is 8.74. The Morgan fingerprint density at radius 3 is 2.94 bits per heavy atom. The molecule has 0 saturated heterocycles.